The number of hydrogen-bond donors (Lipinski definition) is 2. The number of nitrogens with zero attached hydrogens (tertiary/aromatic N) is 1. The summed E-state index contributed by atoms with van der Waals surface area (Å²) in [6.45, 7) is 8.58. The van der Waals surface area contributed by atoms with E-state index < -0.39 is 12.2 Å². The zero-order chi connectivity index (χ0) is 12.1. The molecule has 96 valence electrons. The highest BCUT2D eigenvalue weighted by molar-refractivity contribution is 4.90. The van der Waals surface area contributed by atoms with Crippen molar-refractivity contribution in [3.63, 3.8) is 0 Å². The van der Waals surface area contributed by atoms with E-state index in [1.54, 1.807) is 0 Å². The van der Waals surface area contributed by atoms with Crippen LogP contribution in [0.1, 0.15) is 46.5 Å². The first kappa shape index (κ1) is 13.9. The van der Waals surface area contributed by atoms with E-state index in [9.17, 15) is 10.2 Å². The number of hydrogen-bond acceptors (Lipinski definition) is 3. The van der Waals surface area contributed by atoms with Crippen molar-refractivity contribution >= 4 is 0 Å². The van der Waals surface area contributed by atoms with E-state index in [1.165, 1.54) is 12.8 Å². The van der Waals surface area contributed by atoms with Crippen molar-refractivity contribution in [2.24, 2.45) is 5.92 Å². The third-order valence-electron chi connectivity index (χ3n) is 3.68. The van der Waals surface area contributed by atoms with Gasteiger partial charge in [0.05, 0.1) is 12.2 Å². The monoisotopic (exact) mass is 229 g/mol. The normalized spacial score (nSPS) is 40.3. The van der Waals surface area contributed by atoms with Crippen molar-refractivity contribution < 1.29 is 10.2 Å². The molecule has 0 bridgehead atoms. The minimum atomic E-state index is -0.489. The standard InChI is InChI=1S/C11H21NO2.C2H6/c1-8-3-2-4-12(7-8)9-5-10(13)11(14)6-9;1-2/h8-11,13-14H,2-7H2,1H3;1-2H3. The largest absolute Gasteiger partial charge is 0.390 e. The third kappa shape index (κ3) is 3.44. The van der Waals surface area contributed by atoms with Crippen LogP contribution < -0.4 is 0 Å². The molecule has 1 aliphatic carbocycles. The highest BCUT2D eigenvalue weighted by Crippen LogP contribution is 2.28. The zero-order valence-corrected chi connectivity index (χ0v) is 10.9. The topological polar surface area (TPSA) is 43.7 Å². The Balaban J connectivity index is 0.000000606. The van der Waals surface area contributed by atoms with Gasteiger partial charge in [-0.3, -0.25) is 4.90 Å². The molecule has 3 heteroatoms. The highest BCUT2D eigenvalue weighted by atomic mass is 16.3. The van der Waals surface area contributed by atoms with Crippen LogP contribution in [-0.4, -0.2) is 46.5 Å². The number of rotatable bonds is 1. The molecule has 1 aliphatic heterocycles. The molecule has 3 atom stereocenters. The Morgan fingerprint density at radius 2 is 1.62 bits per heavy atom. The Labute approximate surface area is 99.5 Å². The summed E-state index contributed by atoms with van der Waals surface area (Å²) in [5.41, 5.74) is 0. The van der Waals surface area contributed by atoms with Crippen LogP contribution in [0.15, 0.2) is 0 Å². The van der Waals surface area contributed by atoms with Gasteiger partial charge < -0.3 is 10.2 Å². The van der Waals surface area contributed by atoms with Crippen molar-refractivity contribution in [1.29, 1.82) is 0 Å². The first-order valence-corrected chi connectivity index (χ1v) is 6.77. The van der Waals surface area contributed by atoms with Crippen LogP contribution in [0.3, 0.4) is 0 Å². The van der Waals surface area contributed by atoms with E-state index in [2.05, 4.69) is 11.8 Å². The van der Waals surface area contributed by atoms with Crippen LogP contribution in [0.25, 0.3) is 0 Å². The van der Waals surface area contributed by atoms with Crippen molar-refractivity contribution in [3.05, 3.63) is 0 Å². The summed E-state index contributed by atoms with van der Waals surface area (Å²) in [7, 11) is 0. The number of piperidine rings is 1. The van der Waals surface area contributed by atoms with Crippen LogP contribution in [0.5, 0.6) is 0 Å². The maximum absolute atomic E-state index is 9.49. The Hall–Kier alpha value is -0.120. The van der Waals surface area contributed by atoms with E-state index >= 15 is 0 Å². The van der Waals surface area contributed by atoms with Gasteiger partial charge in [0, 0.05) is 12.6 Å². The van der Waals surface area contributed by atoms with Gasteiger partial charge >= 0.3 is 0 Å². The molecule has 2 rings (SSSR count). The molecule has 0 spiro atoms. The second-order valence-corrected chi connectivity index (χ2v) is 5.00. The lowest BCUT2D eigenvalue weighted by Crippen LogP contribution is -2.41. The van der Waals surface area contributed by atoms with E-state index in [0.717, 1.165) is 31.8 Å². The van der Waals surface area contributed by atoms with Crippen molar-refractivity contribution in [2.45, 2.75) is 64.7 Å². The van der Waals surface area contributed by atoms with Crippen LogP contribution in [-0.2, 0) is 0 Å². The lowest BCUT2D eigenvalue weighted by Gasteiger charge is -2.35. The fraction of sp³-hybridized carbons (Fsp3) is 1.00. The summed E-state index contributed by atoms with van der Waals surface area (Å²) < 4.78 is 0. The maximum Gasteiger partial charge on any atom is 0.0814 e. The zero-order valence-electron chi connectivity index (χ0n) is 10.9. The number of aliphatic hydroxyl groups is 2. The fourth-order valence-corrected chi connectivity index (χ4v) is 2.82. The molecule has 16 heavy (non-hydrogen) atoms. The maximum atomic E-state index is 9.49. The van der Waals surface area contributed by atoms with Gasteiger partial charge in [-0.05, 0) is 38.1 Å². The Kier molecular flexibility index (Phi) is 5.73. The minimum absolute atomic E-state index is 0.419. The molecule has 3 unspecified atom stereocenters. The average molecular weight is 229 g/mol. The molecule has 2 N–H and O–H groups in total. The van der Waals surface area contributed by atoms with Crippen molar-refractivity contribution in [3.8, 4) is 0 Å². The van der Waals surface area contributed by atoms with E-state index in [1.807, 2.05) is 13.8 Å². The van der Waals surface area contributed by atoms with Crippen LogP contribution in [0, 0.1) is 5.92 Å². The predicted molar refractivity (Wildman–Crippen MR) is 66.4 cm³/mol. The van der Waals surface area contributed by atoms with E-state index in [0.29, 0.717) is 6.04 Å². The number of likely N-dealkylation sites (tertiary alicyclic amines) is 1. The lowest BCUT2D eigenvalue weighted by atomic mass is 9.98. The van der Waals surface area contributed by atoms with E-state index in [4.69, 9.17) is 0 Å². The molecule has 1 saturated heterocycles. The van der Waals surface area contributed by atoms with Gasteiger partial charge in [-0.2, -0.15) is 0 Å². The predicted octanol–water partition coefficient (Wildman–Crippen LogP) is 1.63. The molecule has 0 amide bonds. The summed E-state index contributed by atoms with van der Waals surface area (Å²) in [6, 6.07) is 0.419. The molecular weight excluding hydrogens is 202 g/mol. The Morgan fingerprint density at radius 3 is 2.12 bits per heavy atom. The Morgan fingerprint density at radius 1 is 1.06 bits per heavy atom. The molecule has 0 aromatic rings. The van der Waals surface area contributed by atoms with Crippen molar-refractivity contribution in [2.75, 3.05) is 13.1 Å². The molecule has 2 aliphatic rings. The van der Waals surface area contributed by atoms with Gasteiger partial charge in [-0.25, -0.2) is 0 Å². The summed E-state index contributed by atoms with van der Waals surface area (Å²) in [4.78, 5) is 2.45. The molecule has 1 heterocycles. The molecular formula is C13H27NO2. The second-order valence-electron chi connectivity index (χ2n) is 5.00. The smallest absolute Gasteiger partial charge is 0.0814 e. The second kappa shape index (κ2) is 6.58. The Bertz CT molecular complexity index is 186. The lowest BCUT2D eigenvalue weighted by molar-refractivity contribution is 0.0438. The fourth-order valence-electron chi connectivity index (χ4n) is 2.82. The average Bonchev–Trinajstić information content (AvgIpc) is 2.62. The first-order chi connectivity index (χ1) is 7.66. The molecule has 1 saturated carbocycles. The molecule has 0 aromatic carbocycles. The first-order valence-electron chi connectivity index (χ1n) is 6.77. The quantitative estimate of drug-likeness (QED) is 0.718. The van der Waals surface area contributed by atoms with Gasteiger partial charge in [0.2, 0.25) is 0 Å². The van der Waals surface area contributed by atoms with Gasteiger partial charge in [-0.1, -0.05) is 20.8 Å². The van der Waals surface area contributed by atoms with Crippen LogP contribution in [0.4, 0.5) is 0 Å². The van der Waals surface area contributed by atoms with Crippen LogP contribution in [0.2, 0.25) is 0 Å². The summed E-state index contributed by atoms with van der Waals surface area (Å²) in [5.74, 6) is 0.777. The van der Waals surface area contributed by atoms with Gasteiger partial charge in [-0.15, -0.1) is 0 Å². The molecule has 0 aromatic heterocycles. The molecule has 2 fully saturated rings. The molecule has 0 radical (unpaired) electrons. The van der Waals surface area contributed by atoms with Gasteiger partial charge in [0.15, 0.2) is 0 Å². The van der Waals surface area contributed by atoms with Crippen LogP contribution >= 0.6 is 0 Å². The van der Waals surface area contributed by atoms with E-state index in [-0.39, 0.29) is 0 Å². The summed E-state index contributed by atoms with van der Waals surface area (Å²) >= 11 is 0. The van der Waals surface area contributed by atoms with Crippen molar-refractivity contribution in [1.82, 2.24) is 4.90 Å². The number of aliphatic hydroxyl groups excluding tert-OH is 2. The van der Waals surface area contributed by atoms with Gasteiger partial charge in [0.1, 0.15) is 0 Å². The summed E-state index contributed by atoms with van der Waals surface area (Å²) in [5, 5.41) is 19.0. The van der Waals surface area contributed by atoms with Gasteiger partial charge in [0.25, 0.3) is 0 Å². The third-order valence-corrected chi connectivity index (χ3v) is 3.68. The molecule has 3 nitrogen and oxygen atoms in total. The minimum Gasteiger partial charge on any atom is -0.390 e. The highest BCUT2D eigenvalue weighted by Gasteiger charge is 2.35. The SMILES string of the molecule is CC.CC1CCCN(C2CC(O)C(O)C2)C1. The summed E-state index contributed by atoms with van der Waals surface area (Å²) in [6.07, 6.45) is 3.13.